The van der Waals surface area contributed by atoms with Gasteiger partial charge in [0.1, 0.15) is 11.5 Å². The molecular formula is C19H27N7. The Kier molecular flexibility index (Phi) is 4.42. The van der Waals surface area contributed by atoms with E-state index in [-0.39, 0.29) is 0 Å². The van der Waals surface area contributed by atoms with Crippen LogP contribution in [0.4, 0.5) is 5.82 Å². The van der Waals surface area contributed by atoms with Crippen molar-refractivity contribution >= 4 is 11.5 Å². The fourth-order valence-corrected chi connectivity index (χ4v) is 3.94. The maximum absolute atomic E-state index is 6.82. The van der Waals surface area contributed by atoms with E-state index >= 15 is 0 Å². The highest BCUT2D eigenvalue weighted by molar-refractivity contribution is 5.74. The second kappa shape index (κ2) is 6.74. The Morgan fingerprint density at radius 2 is 2.08 bits per heavy atom. The van der Waals surface area contributed by atoms with Crippen molar-refractivity contribution in [2.45, 2.75) is 50.7 Å². The van der Waals surface area contributed by atoms with E-state index in [1.165, 1.54) is 5.56 Å². The molecule has 0 radical (unpaired) electrons. The second-order valence-corrected chi connectivity index (χ2v) is 7.36. The van der Waals surface area contributed by atoms with Gasteiger partial charge in [0, 0.05) is 30.6 Å². The third-order valence-electron chi connectivity index (χ3n) is 5.52. The summed E-state index contributed by atoms with van der Waals surface area (Å²) in [7, 11) is 0. The molecule has 2 aromatic rings. The Labute approximate surface area is 153 Å². The van der Waals surface area contributed by atoms with Crippen LogP contribution in [0.1, 0.15) is 44.0 Å². The number of hydrogen-bond acceptors (Lipinski definition) is 6. The Hall–Kier alpha value is -2.38. The normalized spacial score (nSPS) is 28.0. The molecule has 138 valence electrons. The van der Waals surface area contributed by atoms with Crippen LogP contribution in [-0.4, -0.2) is 26.3 Å². The number of imidazole rings is 1. The molecule has 0 bridgehead atoms. The molecule has 2 aliphatic rings. The minimum absolute atomic E-state index is 0.296. The van der Waals surface area contributed by atoms with Crippen LogP contribution in [0, 0.1) is 5.92 Å². The molecule has 3 heterocycles. The van der Waals surface area contributed by atoms with Crippen molar-refractivity contribution in [3.8, 4) is 0 Å². The summed E-state index contributed by atoms with van der Waals surface area (Å²) in [5.41, 5.74) is 17.8. The summed E-state index contributed by atoms with van der Waals surface area (Å²) in [5, 5.41) is 3.42. The Morgan fingerprint density at radius 1 is 1.27 bits per heavy atom. The van der Waals surface area contributed by atoms with Crippen molar-refractivity contribution in [3.63, 3.8) is 0 Å². The number of nitrogens with zero attached hydrogens (tertiary/aromatic N) is 3. The Morgan fingerprint density at radius 3 is 2.85 bits per heavy atom. The van der Waals surface area contributed by atoms with Gasteiger partial charge in [-0.2, -0.15) is 0 Å². The zero-order valence-electron chi connectivity index (χ0n) is 15.2. The van der Waals surface area contributed by atoms with E-state index in [9.17, 15) is 0 Å². The lowest BCUT2D eigenvalue weighted by molar-refractivity contribution is 0.239. The van der Waals surface area contributed by atoms with Gasteiger partial charge in [-0.15, -0.1) is 0 Å². The molecule has 0 aromatic carbocycles. The number of rotatable bonds is 4. The molecule has 7 nitrogen and oxygen atoms in total. The van der Waals surface area contributed by atoms with Crippen molar-refractivity contribution in [1.82, 2.24) is 14.6 Å². The average Bonchev–Trinajstić information content (AvgIpc) is 3.10. The molecule has 1 aliphatic carbocycles. The summed E-state index contributed by atoms with van der Waals surface area (Å²) in [6, 6.07) is 4.39. The second-order valence-electron chi connectivity index (χ2n) is 7.36. The van der Waals surface area contributed by atoms with Crippen LogP contribution in [-0.2, 0) is 6.42 Å². The van der Waals surface area contributed by atoms with Gasteiger partial charge in [-0.25, -0.2) is 14.6 Å². The summed E-state index contributed by atoms with van der Waals surface area (Å²) >= 11 is 0. The van der Waals surface area contributed by atoms with Gasteiger partial charge in [0.25, 0.3) is 0 Å². The van der Waals surface area contributed by atoms with E-state index in [1.807, 2.05) is 23.1 Å². The van der Waals surface area contributed by atoms with Crippen molar-refractivity contribution < 1.29 is 0 Å². The number of fused-ring (bicyclic) bond motifs is 1. The summed E-state index contributed by atoms with van der Waals surface area (Å²) in [6.45, 7) is 2.13. The predicted molar refractivity (Wildman–Crippen MR) is 104 cm³/mol. The molecule has 1 fully saturated rings. The standard InChI is InChI=1S/C19H27N7/c1-2-13-7-8-22-17(11-13)24-16-12-19(21,14-3-5-15(20)6-4-14)25-26-10-9-23-18(16)26/h7-12,14-15,25H,2-6,20-21H2,1H3,(H,22,24). The third-order valence-corrected chi connectivity index (χ3v) is 5.52. The number of aromatic nitrogens is 3. The van der Waals surface area contributed by atoms with E-state index in [1.54, 1.807) is 6.20 Å². The van der Waals surface area contributed by atoms with Crippen LogP contribution in [0.15, 0.2) is 36.8 Å². The first-order valence-electron chi connectivity index (χ1n) is 9.38. The van der Waals surface area contributed by atoms with Gasteiger partial charge in [-0.05, 0) is 55.9 Å². The number of nitrogens with two attached hydrogens (primary N) is 2. The lowest BCUT2D eigenvalue weighted by Gasteiger charge is -2.42. The van der Waals surface area contributed by atoms with E-state index < -0.39 is 5.66 Å². The van der Waals surface area contributed by atoms with Crippen LogP contribution in [0.5, 0.6) is 0 Å². The van der Waals surface area contributed by atoms with E-state index in [4.69, 9.17) is 11.5 Å². The molecule has 1 aliphatic heterocycles. The first kappa shape index (κ1) is 17.1. The molecule has 2 aromatic heterocycles. The Balaban J connectivity index is 1.65. The SMILES string of the molecule is CCc1ccnc(NC2=CC(N)(C3CCC(N)CC3)Nn3ccnc32)c1. The molecule has 0 spiro atoms. The predicted octanol–water partition coefficient (Wildman–Crippen LogP) is 2.02. The first-order valence-corrected chi connectivity index (χ1v) is 9.38. The Bertz CT molecular complexity index is 804. The maximum atomic E-state index is 6.82. The van der Waals surface area contributed by atoms with Crippen LogP contribution in [0.3, 0.4) is 0 Å². The van der Waals surface area contributed by atoms with Gasteiger partial charge in [0.2, 0.25) is 0 Å². The third kappa shape index (κ3) is 3.20. The van der Waals surface area contributed by atoms with E-state index in [0.29, 0.717) is 12.0 Å². The quantitative estimate of drug-likeness (QED) is 0.670. The summed E-state index contributed by atoms with van der Waals surface area (Å²) < 4.78 is 1.90. The molecular weight excluding hydrogens is 326 g/mol. The van der Waals surface area contributed by atoms with Crippen LogP contribution in [0.2, 0.25) is 0 Å². The summed E-state index contributed by atoms with van der Waals surface area (Å²) in [6.07, 6.45) is 12.6. The molecule has 1 atom stereocenters. The number of pyridine rings is 1. The minimum atomic E-state index is -0.640. The smallest absolute Gasteiger partial charge is 0.175 e. The number of aryl methyl sites for hydroxylation is 1. The molecule has 1 unspecified atom stereocenters. The minimum Gasteiger partial charge on any atom is -0.337 e. The number of nitrogens with one attached hydrogen (secondary N) is 2. The first-order chi connectivity index (χ1) is 12.6. The van der Waals surface area contributed by atoms with Crippen molar-refractivity contribution in [1.29, 1.82) is 0 Å². The van der Waals surface area contributed by atoms with Gasteiger partial charge < -0.3 is 22.2 Å². The maximum Gasteiger partial charge on any atom is 0.175 e. The van der Waals surface area contributed by atoms with Crippen LogP contribution < -0.4 is 22.2 Å². The molecule has 0 saturated heterocycles. The van der Waals surface area contributed by atoms with Gasteiger partial charge in [0.15, 0.2) is 5.82 Å². The topological polar surface area (TPSA) is 107 Å². The summed E-state index contributed by atoms with van der Waals surface area (Å²) in [5.74, 6) is 1.94. The van der Waals surface area contributed by atoms with Crippen LogP contribution >= 0.6 is 0 Å². The molecule has 7 heteroatoms. The van der Waals surface area contributed by atoms with Gasteiger partial charge >= 0.3 is 0 Å². The monoisotopic (exact) mass is 353 g/mol. The molecule has 4 rings (SSSR count). The largest absolute Gasteiger partial charge is 0.337 e. The van der Waals surface area contributed by atoms with E-state index in [0.717, 1.165) is 49.4 Å². The molecule has 6 N–H and O–H groups in total. The highest BCUT2D eigenvalue weighted by Crippen LogP contribution is 2.35. The average molecular weight is 353 g/mol. The number of hydrogen-bond donors (Lipinski definition) is 4. The van der Waals surface area contributed by atoms with Crippen molar-refractivity contribution in [2.75, 3.05) is 10.7 Å². The fraction of sp³-hybridized carbons (Fsp3) is 0.474. The summed E-state index contributed by atoms with van der Waals surface area (Å²) in [4.78, 5) is 8.91. The van der Waals surface area contributed by atoms with Crippen molar-refractivity contribution in [2.24, 2.45) is 17.4 Å². The zero-order chi connectivity index (χ0) is 18.1. The van der Waals surface area contributed by atoms with Crippen LogP contribution in [0.25, 0.3) is 5.70 Å². The van der Waals surface area contributed by atoms with Gasteiger partial charge in [0.05, 0.1) is 5.70 Å². The molecule has 0 amide bonds. The lowest BCUT2D eigenvalue weighted by atomic mass is 9.78. The van der Waals surface area contributed by atoms with Gasteiger partial charge in [-0.1, -0.05) is 6.92 Å². The van der Waals surface area contributed by atoms with Crippen molar-refractivity contribution in [3.05, 3.63) is 48.2 Å². The number of anilines is 1. The van der Waals surface area contributed by atoms with Gasteiger partial charge in [-0.3, -0.25) is 0 Å². The fourth-order valence-electron chi connectivity index (χ4n) is 3.94. The lowest BCUT2D eigenvalue weighted by Crippen LogP contribution is -2.58. The molecule has 26 heavy (non-hydrogen) atoms. The van der Waals surface area contributed by atoms with E-state index in [2.05, 4.69) is 39.8 Å². The highest BCUT2D eigenvalue weighted by atomic mass is 15.5. The highest BCUT2D eigenvalue weighted by Gasteiger charge is 2.39. The molecule has 1 saturated carbocycles. The zero-order valence-corrected chi connectivity index (χ0v) is 15.2.